The largest absolute Gasteiger partial charge is 0.393 e. The first-order valence-electron chi connectivity index (χ1n) is 5.98. The molecule has 1 rings (SSSR count). The molecule has 1 aromatic carbocycles. The van der Waals surface area contributed by atoms with Crippen molar-refractivity contribution in [1.82, 2.24) is 4.31 Å². The minimum Gasteiger partial charge on any atom is -0.393 e. The van der Waals surface area contributed by atoms with E-state index in [1.807, 2.05) is 6.07 Å². The molecule has 0 bridgehead atoms. The molecule has 1 unspecified atom stereocenters. The molecule has 0 radical (unpaired) electrons. The summed E-state index contributed by atoms with van der Waals surface area (Å²) >= 11 is 0. The van der Waals surface area contributed by atoms with Gasteiger partial charge in [-0.15, -0.1) is 0 Å². The highest BCUT2D eigenvalue weighted by molar-refractivity contribution is 7.89. The highest BCUT2D eigenvalue weighted by Gasteiger charge is 2.20. The topological polar surface area (TPSA) is 81.4 Å². The molecule has 19 heavy (non-hydrogen) atoms. The third-order valence-corrected chi connectivity index (χ3v) is 4.65. The molecule has 0 saturated heterocycles. The summed E-state index contributed by atoms with van der Waals surface area (Å²) in [5.41, 5.74) is 0.785. The van der Waals surface area contributed by atoms with E-state index < -0.39 is 16.1 Å². The van der Waals surface area contributed by atoms with Crippen LogP contribution in [0.25, 0.3) is 0 Å². The predicted molar refractivity (Wildman–Crippen MR) is 71.9 cm³/mol. The van der Waals surface area contributed by atoms with E-state index in [1.165, 1.54) is 23.5 Å². The number of nitriles is 1. The fourth-order valence-electron chi connectivity index (χ4n) is 1.54. The normalized spacial score (nSPS) is 13.2. The van der Waals surface area contributed by atoms with Crippen molar-refractivity contribution in [3.05, 3.63) is 29.8 Å². The van der Waals surface area contributed by atoms with E-state index in [0.717, 1.165) is 5.56 Å². The van der Waals surface area contributed by atoms with Gasteiger partial charge >= 0.3 is 0 Å². The Balaban J connectivity index is 2.85. The van der Waals surface area contributed by atoms with Crippen molar-refractivity contribution in [2.24, 2.45) is 0 Å². The fraction of sp³-hybridized carbons (Fsp3) is 0.462. The first-order chi connectivity index (χ1) is 8.87. The zero-order valence-corrected chi connectivity index (χ0v) is 11.9. The Labute approximate surface area is 114 Å². The summed E-state index contributed by atoms with van der Waals surface area (Å²) in [4.78, 5) is 0.197. The van der Waals surface area contributed by atoms with Crippen molar-refractivity contribution in [1.29, 1.82) is 5.26 Å². The van der Waals surface area contributed by atoms with Crippen molar-refractivity contribution < 1.29 is 13.5 Å². The maximum Gasteiger partial charge on any atom is 0.242 e. The number of benzene rings is 1. The first kappa shape index (κ1) is 15.6. The summed E-state index contributed by atoms with van der Waals surface area (Å²) in [7, 11) is -2.04. The molecule has 0 aliphatic rings. The molecule has 0 saturated carbocycles. The lowest BCUT2D eigenvalue weighted by Crippen LogP contribution is -2.29. The van der Waals surface area contributed by atoms with Gasteiger partial charge in [-0.1, -0.05) is 12.1 Å². The molecule has 6 heteroatoms. The third kappa shape index (κ3) is 4.31. The van der Waals surface area contributed by atoms with E-state index in [0.29, 0.717) is 6.42 Å². The van der Waals surface area contributed by atoms with E-state index in [4.69, 9.17) is 5.26 Å². The predicted octanol–water partition coefficient (Wildman–Crippen LogP) is 1.14. The minimum atomic E-state index is -3.53. The standard InChI is InChI=1S/C13H18N2O3S/c1-11(16)8-10-15(2)19(17,18)13-5-3-12(4-6-13)7-9-14/h3-6,11,16H,7-8,10H2,1-2H3. The minimum absolute atomic E-state index is 0.197. The van der Waals surface area contributed by atoms with Crippen LogP contribution >= 0.6 is 0 Å². The summed E-state index contributed by atoms with van der Waals surface area (Å²) in [5, 5.41) is 17.7. The highest BCUT2D eigenvalue weighted by atomic mass is 32.2. The number of aliphatic hydroxyl groups excluding tert-OH is 1. The quantitative estimate of drug-likeness (QED) is 0.848. The molecular formula is C13H18N2O3S. The third-order valence-electron chi connectivity index (χ3n) is 2.78. The molecule has 5 nitrogen and oxygen atoms in total. The Bertz CT molecular complexity index is 544. The van der Waals surface area contributed by atoms with Crippen LogP contribution in [0.4, 0.5) is 0 Å². The van der Waals surface area contributed by atoms with Gasteiger partial charge in [0.05, 0.1) is 23.5 Å². The van der Waals surface area contributed by atoms with Crippen molar-refractivity contribution in [3.63, 3.8) is 0 Å². The van der Waals surface area contributed by atoms with E-state index in [9.17, 15) is 13.5 Å². The first-order valence-corrected chi connectivity index (χ1v) is 7.42. The fourth-order valence-corrected chi connectivity index (χ4v) is 2.73. The number of nitrogens with zero attached hydrogens (tertiary/aromatic N) is 2. The van der Waals surface area contributed by atoms with Gasteiger partial charge in [0.2, 0.25) is 10.0 Å². The lowest BCUT2D eigenvalue weighted by atomic mass is 10.2. The molecule has 0 spiro atoms. The van der Waals surface area contributed by atoms with Crippen LogP contribution in [-0.4, -0.2) is 37.5 Å². The average Bonchev–Trinajstić information content (AvgIpc) is 2.36. The smallest absolute Gasteiger partial charge is 0.242 e. The van der Waals surface area contributed by atoms with Gasteiger partial charge in [0.15, 0.2) is 0 Å². The van der Waals surface area contributed by atoms with Gasteiger partial charge in [-0.25, -0.2) is 12.7 Å². The van der Waals surface area contributed by atoms with Gasteiger partial charge in [-0.05, 0) is 31.0 Å². The van der Waals surface area contributed by atoms with Gasteiger partial charge in [-0.2, -0.15) is 5.26 Å². The van der Waals surface area contributed by atoms with E-state index in [-0.39, 0.29) is 17.9 Å². The highest BCUT2D eigenvalue weighted by Crippen LogP contribution is 2.16. The number of sulfonamides is 1. The number of rotatable bonds is 6. The van der Waals surface area contributed by atoms with Crippen LogP contribution in [0.15, 0.2) is 29.2 Å². The lowest BCUT2D eigenvalue weighted by Gasteiger charge is -2.18. The summed E-state index contributed by atoms with van der Waals surface area (Å²) in [6, 6.07) is 8.29. The van der Waals surface area contributed by atoms with Crippen LogP contribution in [0.5, 0.6) is 0 Å². The number of aliphatic hydroxyl groups is 1. The average molecular weight is 282 g/mol. The number of hydrogen-bond acceptors (Lipinski definition) is 4. The molecule has 0 aromatic heterocycles. The molecule has 1 atom stereocenters. The van der Waals surface area contributed by atoms with Crippen molar-refractivity contribution in [2.75, 3.05) is 13.6 Å². The molecule has 1 N–H and O–H groups in total. The lowest BCUT2D eigenvalue weighted by molar-refractivity contribution is 0.177. The summed E-state index contributed by atoms with van der Waals surface area (Å²) < 4.78 is 25.6. The SMILES string of the molecule is CC(O)CCN(C)S(=O)(=O)c1ccc(CC#N)cc1. The monoisotopic (exact) mass is 282 g/mol. The second-order valence-electron chi connectivity index (χ2n) is 4.44. The van der Waals surface area contributed by atoms with Crippen molar-refractivity contribution >= 4 is 10.0 Å². The van der Waals surface area contributed by atoms with Crippen LogP contribution in [-0.2, 0) is 16.4 Å². The van der Waals surface area contributed by atoms with Crippen LogP contribution < -0.4 is 0 Å². The maximum absolute atomic E-state index is 12.2. The van der Waals surface area contributed by atoms with E-state index in [2.05, 4.69) is 0 Å². The Morgan fingerprint density at radius 2 is 1.95 bits per heavy atom. The van der Waals surface area contributed by atoms with Crippen LogP contribution in [0, 0.1) is 11.3 Å². The van der Waals surface area contributed by atoms with E-state index in [1.54, 1.807) is 19.1 Å². The van der Waals surface area contributed by atoms with Gasteiger partial charge < -0.3 is 5.11 Å². The molecule has 0 aliphatic carbocycles. The van der Waals surface area contributed by atoms with Crippen molar-refractivity contribution in [2.45, 2.75) is 30.8 Å². The molecule has 0 aliphatic heterocycles. The molecule has 104 valence electrons. The molecule has 0 fully saturated rings. The zero-order chi connectivity index (χ0) is 14.5. The van der Waals surface area contributed by atoms with Gasteiger partial charge in [0.1, 0.15) is 0 Å². The molecule has 1 aromatic rings. The summed E-state index contributed by atoms with van der Waals surface area (Å²) in [6.45, 7) is 1.89. The van der Waals surface area contributed by atoms with E-state index >= 15 is 0 Å². The summed E-state index contributed by atoms with van der Waals surface area (Å²) in [5.74, 6) is 0. The number of hydrogen-bond donors (Lipinski definition) is 1. The Morgan fingerprint density at radius 3 is 2.42 bits per heavy atom. The zero-order valence-electron chi connectivity index (χ0n) is 11.1. The summed E-state index contributed by atoms with van der Waals surface area (Å²) in [6.07, 6.45) is 0.121. The van der Waals surface area contributed by atoms with Crippen molar-refractivity contribution in [3.8, 4) is 6.07 Å². The van der Waals surface area contributed by atoms with Crippen LogP contribution in [0.2, 0.25) is 0 Å². The second-order valence-corrected chi connectivity index (χ2v) is 6.49. The van der Waals surface area contributed by atoms with Gasteiger partial charge in [0.25, 0.3) is 0 Å². The van der Waals surface area contributed by atoms with Gasteiger partial charge in [-0.3, -0.25) is 0 Å². The van der Waals surface area contributed by atoms with Gasteiger partial charge in [0, 0.05) is 13.6 Å². The van der Waals surface area contributed by atoms with Crippen LogP contribution in [0.3, 0.4) is 0 Å². The Kier molecular flexibility index (Phi) is 5.48. The van der Waals surface area contributed by atoms with Crippen LogP contribution in [0.1, 0.15) is 18.9 Å². The molecular weight excluding hydrogens is 264 g/mol. The Morgan fingerprint density at radius 1 is 1.37 bits per heavy atom. The molecule has 0 amide bonds. The second kappa shape index (κ2) is 6.66. The molecule has 0 heterocycles. The maximum atomic E-state index is 12.2. The Hall–Kier alpha value is -1.42.